The minimum absolute atomic E-state index is 0. The van der Waals surface area contributed by atoms with Crippen molar-refractivity contribution in [2.24, 2.45) is 0 Å². The van der Waals surface area contributed by atoms with E-state index in [9.17, 15) is 24.3 Å². The number of terminal acetylenes is 1. The van der Waals surface area contributed by atoms with Gasteiger partial charge in [0.15, 0.2) is 0 Å². The van der Waals surface area contributed by atoms with Crippen LogP contribution in [0.1, 0.15) is 57.0 Å². The molecule has 2 aromatic carbocycles. The number of rotatable bonds is 4. The first-order valence-corrected chi connectivity index (χ1v) is 17.0. The van der Waals surface area contributed by atoms with Crippen LogP contribution < -0.4 is 23.0 Å². The molecule has 0 radical (unpaired) electrons. The SMILES string of the molecule is C#Cc1cc(I)cc(C)c1C1=C(O)C(C)NC1=O.CCc1cc(I)cc(C)c1C1=C(OC(=O)N(C)C)C(C)NC1=O.CN(C)C(=O)Cl.[Cl-].[HH].[HH]. The molecule has 10 nitrogen and oxygen atoms in total. The lowest BCUT2D eigenvalue weighted by molar-refractivity contribution is -0.116. The molecule has 0 aromatic heterocycles. The highest BCUT2D eigenvalue weighted by atomic mass is 127. The molecule has 264 valence electrons. The average molecular weight is 928 g/mol. The Labute approximate surface area is 323 Å². The molecule has 2 aliphatic rings. The Hall–Kier alpha value is -3.00. The van der Waals surface area contributed by atoms with Crippen molar-refractivity contribution in [1.82, 2.24) is 20.4 Å². The molecule has 4 amide bonds. The predicted molar refractivity (Wildman–Crippen MR) is 206 cm³/mol. The second-order valence-corrected chi connectivity index (χ2v) is 14.0. The number of hydrogen-bond donors (Lipinski definition) is 3. The number of aliphatic hydroxyl groups excluding tert-OH is 1. The van der Waals surface area contributed by atoms with E-state index in [2.05, 4.69) is 74.7 Å². The van der Waals surface area contributed by atoms with Gasteiger partial charge >= 0.3 is 11.5 Å². The predicted octanol–water partition coefficient (Wildman–Crippen LogP) is 3.86. The number of halogens is 4. The topological polar surface area (TPSA) is 128 Å². The number of nitrogens with one attached hydrogen (secondary N) is 2. The molecule has 2 aliphatic heterocycles. The minimum Gasteiger partial charge on any atom is -1.00 e. The summed E-state index contributed by atoms with van der Waals surface area (Å²) < 4.78 is 7.62. The fourth-order valence-electron chi connectivity index (χ4n) is 4.77. The Morgan fingerprint density at radius 3 is 1.85 bits per heavy atom. The van der Waals surface area contributed by atoms with E-state index in [0.29, 0.717) is 28.0 Å². The van der Waals surface area contributed by atoms with Crippen molar-refractivity contribution in [2.75, 3.05) is 28.2 Å². The molecule has 4 rings (SSSR count). The van der Waals surface area contributed by atoms with Gasteiger partial charge in [-0.1, -0.05) is 12.8 Å². The van der Waals surface area contributed by atoms with Gasteiger partial charge in [-0.3, -0.25) is 14.4 Å². The van der Waals surface area contributed by atoms with Gasteiger partial charge in [-0.25, -0.2) is 4.79 Å². The first kappa shape index (κ1) is 43.0. The molecule has 0 bridgehead atoms. The third-order valence-electron chi connectivity index (χ3n) is 7.09. The molecular weight excluding hydrogens is 885 g/mol. The van der Waals surface area contributed by atoms with Gasteiger partial charge in [-0.2, -0.15) is 0 Å². The van der Waals surface area contributed by atoms with Gasteiger partial charge < -0.3 is 42.7 Å². The lowest BCUT2D eigenvalue weighted by Gasteiger charge is -2.17. The van der Waals surface area contributed by atoms with Crippen LogP contribution >= 0.6 is 56.8 Å². The van der Waals surface area contributed by atoms with E-state index in [-0.39, 0.29) is 44.9 Å². The Balaban J connectivity index is 0. The number of benzene rings is 2. The molecule has 3 N–H and O–H groups in total. The fraction of sp³-hybridized carbons (Fsp3) is 0.353. The van der Waals surface area contributed by atoms with E-state index in [0.717, 1.165) is 35.8 Å². The lowest BCUT2D eigenvalue weighted by atomic mass is 9.93. The van der Waals surface area contributed by atoms with Gasteiger partial charge in [0.05, 0.1) is 23.2 Å². The Kier molecular flexibility index (Phi) is 16.7. The maximum Gasteiger partial charge on any atom is 0.414 e. The average Bonchev–Trinajstić information content (AvgIpc) is 3.39. The fourth-order valence-corrected chi connectivity index (χ4v) is 6.40. The molecule has 0 saturated carbocycles. The zero-order valence-electron chi connectivity index (χ0n) is 28.1. The molecule has 0 saturated heterocycles. The highest BCUT2D eigenvalue weighted by Gasteiger charge is 2.35. The summed E-state index contributed by atoms with van der Waals surface area (Å²) >= 11 is 9.34. The maximum absolute atomic E-state index is 12.5. The van der Waals surface area contributed by atoms with Gasteiger partial charge in [0.2, 0.25) is 0 Å². The van der Waals surface area contributed by atoms with Crippen molar-refractivity contribution in [3.63, 3.8) is 0 Å². The van der Waals surface area contributed by atoms with E-state index in [1.807, 2.05) is 39.0 Å². The van der Waals surface area contributed by atoms with E-state index in [1.54, 1.807) is 35.1 Å². The van der Waals surface area contributed by atoms with Crippen LogP contribution in [0.2, 0.25) is 0 Å². The van der Waals surface area contributed by atoms with E-state index in [4.69, 9.17) is 22.8 Å². The normalized spacial score (nSPS) is 16.3. The molecule has 2 aromatic rings. The van der Waals surface area contributed by atoms with Crippen molar-refractivity contribution in [3.8, 4) is 12.3 Å². The number of aryl methyl sites for hydroxylation is 3. The number of carbonyl (C=O) groups is 4. The second kappa shape index (κ2) is 18.7. The molecule has 48 heavy (non-hydrogen) atoms. The molecule has 0 spiro atoms. The quantitative estimate of drug-likeness (QED) is 0.185. The second-order valence-electron chi connectivity index (χ2n) is 11.2. The number of hydrogen-bond acceptors (Lipinski definition) is 6. The monoisotopic (exact) mass is 927 g/mol. The molecular formula is C34H43Cl2I2N4O6-. The molecule has 2 unspecified atom stereocenters. The van der Waals surface area contributed by atoms with Crippen LogP contribution in [0.3, 0.4) is 0 Å². The summed E-state index contributed by atoms with van der Waals surface area (Å²) in [6.45, 7) is 9.46. The van der Waals surface area contributed by atoms with Crippen molar-refractivity contribution in [3.05, 3.63) is 76.3 Å². The van der Waals surface area contributed by atoms with Crippen molar-refractivity contribution in [2.45, 2.75) is 53.1 Å². The molecule has 14 heteroatoms. The third-order valence-corrected chi connectivity index (χ3v) is 8.67. The zero-order chi connectivity index (χ0) is 35.9. The van der Waals surface area contributed by atoms with Crippen LogP contribution in [0.25, 0.3) is 11.1 Å². The number of carbonyl (C=O) groups excluding carboxylic acids is 4. The first-order chi connectivity index (χ1) is 21.9. The van der Waals surface area contributed by atoms with Gasteiger partial charge in [-0.05, 0) is 137 Å². The van der Waals surface area contributed by atoms with Crippen LogP contribution in [0.15, 0.2) is 35.8 Å². The summed E-state index contributed by atoms with van der Waals surface area (Å²) in [5.41, 5.74) is 5.89. The van der Waals surface area contributed by atoms with Crippen LogP contribution in [-0.2, 0) is 20.7 Å². The van der Waals surface area contributed by atoms with Gasteiger partial charge in [0.25, 0.3) is 11.8 Å². The number of amides is 4. The smallest absolute Gasteiger partial charge is 0.414 e. The van der Waals surface area contributed by atoms with Gasteiger partial charge in [-0.15, -0.1) is 6.42 Å². The maximum atomic E-state index is 12.5. The minimum atomic E-state index is -0.484. The van der Waals surface area contributed by atoms with E-state index in [1.165, 1.54) is 9.80 Å². The largest absolute Gasteiger partial charge is 1.00 e. The summed E-state index contributed by atoms with van der Waals surface area (Å²) in [5.74, 6) is 2.56. The van der Waals surface area contributed by atoms with Gasteiger partial charge in [0.1, 0.15) is 11.5 Å². The summed E-state index contributed by atoms with van der Waals surface area (Å²) in [7, 11) is 6.42. The van der Waals surface area contributed by atoms with E-state index >= 15 is 0 Å². The standard InChI is InChI=1S/C17H21IN2O3.C14H12INO2.C3H6ClNO.ClH.2H2/c1-6-11-8-12(18)7-9(2)13(11)14-15(10(3)19-16(14)21)23-17(22)20(4)5;1-4-9-6-10(15)5-7(2)11(9)12-13(17)8(3)16-14(12)18;1-5(2)3(4)6;;;/h7-8,10H,6H2,1-5H3,(H,19,21);1,5-6,8,17H,2-3H3,(H,16,18);1-2H3;3*1H/p-1. The van der Waals surface area contributed by atoms with E-state index < -0.39 is 11.5 Å². The lowest BCUT2D eigenvalue weighted by Crippen LogP contribution is -3.00. The number of ether oxygens (including phenoxy) is 1. The summed E-state index contributed by atoms with van der Waals surface area (Å²) in [5, 5.41) is 15.1. The number of aliphatic hydroxyl groups is 1. The zero-order valence-corrected chi connectivity index (χ0v) is 34.0. The molecule has 0 fully saturated rings. The molecule has 0 aliphatic carbocycles. The highest BCUT2D eigenvalue weighted by molar-refractivity contribution is 14.1. The Morgan fingerprint density at radius 1 is 0.938 bits per heavy atom. The summed E-state index contributed by atoms with van der Waals surface area (Å²) in [6, 6.07) is 7.18. The van der Waals surface area contributed by atoms with Crippen LogP contribution in [0, 0.1) is 33.3 Å². The molecule has 2 atom stereocenters. The van der Waals surface area contributed by atoms with Crippen molar-refractivity contribution < 1.29 is 44.3 Å². The Morgan fingerprint density at radius 2 is 1.42 bits per heavy atom. The number of nitrogens with zero attached hydrogens (tertiary/aromatic N) is 2. The van der Waals surface area contributed by atoms with Crippen molar-refractivity contribution >= 4 is 91.2 Å². The highest BCUT2D eigenvalue weighted by Crippen LogP contribution is 2.34. The Bertz CT molecular complexity index is 1710. The molecule has 2 heterocycles. The summed E-state index contributed by atoms with van der Waals surface area (Å²) in [4.78, 5) is 48.8. The van der Waals surface area contributed by atoms with Crippen LogP contribution in [-0.4, -0.2) is 78.5 Å². The van der Waals surface area contributed by atoms with Crippen LogP contribution in [0.5, 0.6) is 0 Å². The van der Waals surface area contributed by atoms with Gasteiger partial charge in [0, 0.05) is 49.3 Å². The summed E-state index contributed by atoms with van der Waals surface area (Å²) in [6.07, 6.45) is 5.81. The van der Waals surface area contributed by atoms with Crippen LogP contribution in [0.4, 0.5) is 9.59 Å². The van der Waals surface area contributed by atoms with Crippen molar-refractivity contribution in [1.29, 1.82) is 0 Å². The third kappa shape index (κ3) is 10.5. The first-order valence-electron chi connectivity index (χ1n) is 14.5.